The Morgan fingerprint density at radius 2 is 2.50 bits per heavy atom. The van der Waals surface area contributed by atoms with E-state index >= 15 is 0 Å². The molecule has 12 heavy (non-hydrogen) atoms. The van der Waals surface area contributed by atoms with E-state index in [0.29, 0.717) is 12.1 Å². The Bertz CT molecular complexity index is 281. The van der Waals surface area contributed by atoms with E-state index in [2.05, 4.69) is 5.10 Å². The van der Waals surface area contributed by atoms with Gasteiger partial charge in [-0.3, -0.25) is 4.79 Å². The molecule has 1 rings (SSSR count). The lowest BCUT2D eigenvalue weighted by atomic mass is 10.2. The molecule has 0 fully saturated rings. The van der Waals surface area contributed by atoms with Crippen LogP contribution in [0.25, 0.3) is 0 Å². The molecule has 1 aromatic heterocycles. The SMILES string of the molecule is CCC(N)C(=O)n1cc(N)cn1. The third-order valence-electron chi connectivity index (χ3n) is 1.59. The van der Waals surface area contributed by atoms with Crippen LogP contribution in [0.3, 0.4) is 0 Å². The number of hydrogen-bond acceptors (Lipinski definition) is 4. The van der Waals surface area contributed by atoms with E-state index in [1.165, 1.54) is 17.1 Å². The largest absolute Gasteiger partial charge is 0.396 e. The van der Waals surface area contributed by atoms with Crippen molar-refractivity contribution in [1.29, 1.82) is 0 Å². The number of carbonyl (C=O) groups excluding carboxylic acids is 1. The number of nitrogens with two attached hydrogens (primary N) is 2. The van der Waals surface area contributed by atoms with Crippen LogP contribution in [-0.4, -0.2) is 21.7 Å². The number of anilines is 1. The minimum Gasteiger partial charge on any atom is -0.396 e. The molecule has 0 radical (unpaired) electrons. The van der Waals surface area contributed by atoms with Crippen molar-refractivity contribution >= 4 is 11.6 Å². The topological polar surface area (TPSA) is 86.9 Å². The van der Waals surface area contributed by atoms with E-state index in [0.717, 1.165) is 0 Å². The number of hydrogen-bond donors (Lipinski definition) is 2. The first-order chi connectivity index (χ1) is 5.65. The number of nitrogens with zero attached hydrogens (tertiary/aromatic N) is 2. The Hall–Kier alpha value is -1.36. The van der Waals surface area contributed by atoms with Crippen molar-refractivity contribution in [1.82, 2.24) is 9.78 Å². The zero-order valence-corrected chi connectivity index (χ0v) is 6.90. The molecule has 0 saturated heterocycles. The lowest BCUT2D eigenvalue weighted by Crippen LogP contribution is -2.34. The summed E-state index contributed by atoms with van der Waals surface area (Å²) in [4.78, 5) is 11.3. The van der Waals surface area contributed by atoms with Crippen molar-refractivity contribution in [2.75, 3.05) is 5.73 Å². The maximum atomic E-state index is 11.3. The standard InChI is InChI=1S/C7H12N4O/c1-2-6(9)7(12)11-4-5(8)3-10-11/h3-4,6H,2,8-9H2,1H3. The van der Waals surface area contributed by atoms with Gasteiger partial charge >= 0.3 is 0 Å². The van der Waals surface area contributed by atoms with Crippen LogP contribution in [0.5, 0.6) is 0 Å². The van der Waals surface area contributed by atoms with E-state index in [1.54, 1.807) is 0 Å². The first-order valence-electron chi connectivity index (χ1n) is 3.75. The van der Waals surface area contributed by atoms with E-state index in [-0.39, 0.29) is 5.91 Å². The van der Waals surface area contributed by atoms with Gasteiger partial charge in [0.15, 0.2) is 0 Å². The second-order valence-electron chi connectivity index (χ2n) is 2.57. The predicted octanol–water partition coefficient (Wildman–Crippen LogP) is -0.157. The molecule has 0 aliphatic heterocycles. The Labute approximate surface area is 70.3 Å². The predicted molar refractivity (Wildman–Crippen MR) is 45.5 cm³/mol. The van der Waals surface area contributed by atoms with Crippen molar-refractivity contribution in [3.63, 3.8) is 0 Å². The Kier molecular flexibility index (Phi) is 2.44. The molecule has 66 valence electrons. The highest BCUT2D eigenvalue weighted by Gasteiger charge is 2.13. The van der Waals surface area contributed by atoms with Gasteiger partial charge in [-0.15, -0.1) is 0 Å². The molecule has 5 nitrogen and oxygen atoms in total. The fourth-order valence-corrected chi connectivity index (χ4v) is 0.802. The number of carbonyl (C=O) groups is 1. The van der Waals surface area contributed by atoms with Crippen molar-refractivity contribution in [2.45, 2.75) is 19.4 Å². The first kappa shape index (κ1) is 8.73. The highest BCUT2D eigenvalue weighted by molar-refractivity contribution is 5.83. The Morgan fingerprint density at radius 3 is 2.92 bits per heavy atom. The zero-order chi connectivity index (χ0) is 9.14. The molecule has 5 heteroatoms. The molecule has 0 bridgehead atoms. The summed E-state index contributed by atoms with van der Waals surface area (Å²) in [7, 11) is 0. The zero-order valence-electron chi connectivity index (χ0n) is 6.90. The van der Waals surface area contributed by atoms with Crippen LogP contribution >= 0.6 is 0 Å². The third-order valence-corrected chi connectivity index (χ3v) is 1.59. The highest BCUT2D eigenvalue weighted by atomic mass is 16.2. The van der Waals surface area contributed by atoms with Gasteiger partial charge in [0.1, 0.15) is 0 Å². The molecule has 1 aromatic rings. The van der Waals surface area contributed by atoms with Crippen molar-refractivity contribution in [2.24, 2.45) is 5.73 Å². The summed E-state index contributed by atoms with van der Waals surface area (Å²) in [5.41, 5.74) is 11.4. The van der Waals surface area contributed by atoms with Gasteiger partial charge < -0.3 is 11.5 Å². The summed E-state index contributed by atoms with van der Waals surface area (Å²) >= 11 is 0. The van der Waals surface area contributed by atoms with Crippen LogP contribution in [-0.2, 0) is 0 Å². The van der Waals surface area contributed by atoms with E-state index in [9.17, 15) is 4.79 Å². The second kappa shape index (κ2) is 3.36. The van der Waals surface area contributed by atoms with Crippen LogP contribution in [0, 0.1) is 0 Å². The monoisotopic (exact) mass is 168 g/mol. The Morgan fingerprint density at radius 1 is 1.83 bits per heavy atom. The summed E-state index contributed by atoms with van der Waals surface area (Å²) in [6.45, 7) is 1.84. The van der Waals surface area contributed by atoms with Crippen molar-refractivity contribution in [3.05, 3.63) is 12.4 Å². The maximum absolute atomic E-state index is 11.3. The molecule has 0 amide bonds. The summed E-state index contributed by atoms with van der Waals surface area (Å²) < 4.78 is 1.17. The van der Waals surface area contributed by atoms with Gasteiger partial charge in [0.25, 0.3) is 5.91 Å². The number of rotatable bonds is 2. The van der Waals surface area contributed by atoms with Gasteiger partial charge in [-0.1, -0.05) is 6.92 Å². The van der Waals surface area contributed by atoms with Gasteiger partial charge in [0.2, 0.25) is 0 Å². The molecular formula is C7H12N4O. The molecule has 0 aromatic carbocycles. The van der Waals surface area contributed by atoms with Gasteiger partial charge in [0.05, 0.1) is 24.1 Å². The normalized spacial score (nSPS) is 12.8. The third kappa shape index (κ3) is 1.62. The number of aromatic nitrogens is 2. The molecule has 0 saturated carbocycles. The van der Waals surface area contributed by atoms with Crippen molar-refractivity contribution < 1.29 is 4.79 Å². The molecular weight excluding hydrogens is 156 g/mol. The van der Waals surface area contributed by atoms with Gasteiger partial charge in [-0.2, -0.15) is 5.10 Å². The molecule has 1 heterocycles. The molecule has 1 atom stereocenters. The van der Waals surface area contributed by atoms with Crippen LogP contribution in [0.1, 0.15) is 18.1 Å². The quantitative estimate of drug-likeness (QED) is 0.642. The molecule has 0 aliphatic carbocycles. The number of nitrogen functional groups attached to an aromatic ring is 1. The Balaban J connectivity index is 2.78. The molecule has 4 N–H and O–H groups in total. The lowest BCUT2D eigenvalue weighted by Gasteiger charge is -2.05. The smallest absolute Gasteiger partial charge is 0.263 e. The van der Waals surface area contributed by atoms with Crippen molar-refractivity contribution in [3.8, 4) is 0 Å². The molecule has 1 unspecified atom stereocenters. The van der Waals surface area contributed by atoms with Gasteiger partial charge in [-0.25, -0.2) is 4.68 Å². The minimum atomic E-state index is -0.496. The molecule has 0 spiro atoms. The molecule has 0 aliphatic rings. The van der Waals surface area contributed by atoms with Gasteiger partial charge in [0, 0.05) is 0 Å². The van der Waals surface area contributed by atoms with Crippen LogP contribution in [0.4, 0.5) is 5.69 Å². The summed E-state index contributed by atoms with van der Waals surface area (Å²) in [5, 5.41) is 3.75. The van der Waals surface area contributed by atoms with E-state index < -0.39 is 6.04 Å². The highest BCUT2D eigenvalue weighted by Crippen LogP contribution is 1.99. The maximum Gasteiger partial charge on any atom is 0.263 e. The summed E-state index contributed by atoms with van der Waals surface area (Å²) in [6, 6.07) is -0.496. The van der Waals surface area contributed by atoms with Gasteiger partial charge in [-0.05, 0) is 6.42 Å². The summed E-state index contributed by atoms with van der Waals surface area (Å²) in [5.74, 6) is -0.228. The van der Waals surface area contributed by atoms with E-state index in [1.807, 2.05) is 6.92 Å². The van der Waals surface area contributed by atoms with Crippen LogP contribution in [0.2, 0.25) is 0 Å². The minimum absolute atomic E-state index is 0.228. The summed E-state index contributed by atoms with van der Waals surface area (Å²) in [6.07, 6.45) is 3.47. The van der Waals surface area contributed by atoms with E-state index in [4.69, 9.17) is 11.5 Å². The lowest BCUT2D eigenvalue weighted by molar-refractivity contribution is 0.0861. The van der Waals surface area contributed by atoms with Crippen LogP contribution < -0.4 is 11.5 Å². The average Bonchev–Trinajstić information content (AvgIpc) is 2.49. The fraction of sp³-hybridized carbons (Fsp3) is 0.429. The fourth-order valence-electron chi connectivity index (χ4n) is 0.802. The average molecular weight is 168 g/mol. The van der Waals surface area contributed by atoms with Crippen LogP contribution in [0.15, 0.2) is 12.4 Å². The second-order valence-corrected chi connectivity index (χ2v) is 2.57. The first-order valence-corrected chi connectivity index (χ1v) is 3.75.